The third-order valence-corrected chi connectivity index (χ3v) is 4.67. The third-order valence-electron chi connectivity index (χ3n) is 4.67. The number of nitrogens with one attached hydrogen (secondary N) is 1. The summed E-state index contributed by atoms with van der Waals surface area (Å²) in [5, 5.41) is 3.78. The van der Waals surface area contributed by atoms with E-state index in [2.05, 4.69) is 55.3 Å². The van der Waals surface area contributed by atoms with Gasteiger partial charge in [-0.3, -0.25) is 0 Å². The topological polar surface area (TPSA) is 15.3 Å². The minimum Gasteiger partial charge on any atom is -0.310 e. The van der Waals surface area contributed by atoms with Gasteiger partial charge in [-0.05, 0) is 55.9 Å². The van der Waals surface area contributed by atoms with Gasteiger partial charge in [-0.1, -0.05) is 45.0 Å². The van der Waals surface area contributed by atoms with E-state index in [-0.39, 0.29) is 0 Å². The zero-order valence-electron chi connectivity index (χ0n) is 13.4. The van der Waals surface area contributed by atoms with Crippen molar-refractivity contribution in [3.8, 4) is 0 Å². The van der Waals surface area contributed by atoms with Crippen LogP contribution < -0.4 is 5.32 Å². The van der Waals surface area contributed by atoms with Crippen LogP contribution in [0.4, 0.5) is 0 Å². The summed E-state index contributed by atoms with van der Waals surface area (Å²) >= 11 is 0. The zero-order valence-corrected chi connectivity index (χ0v) is 13.4. The van der Waals surface area contributed by atoms with E-state index >= 15 is 0 Å². The molecule has 20 heavy (non-hydrogen) atoms. The number of rotatable bonds is 7. The first kappa shape index (κ1) is 15.5. The van der Waals surface area contributed by atoms with Crippen LogP contribution in [0, 0.1) is 5.92 Å². The molecule has 2 unspecified atom stereocenters. The van der Waals surface area contributed by atoms with Gasteiger partial charge in [0, 0.05) is 12.6 Å². The van der Waals surface area contributed by atoms with E-state index in [9.17, 15) is 0 Å². The summed E-state index contributed by atoms with van der Waals surface area (Å²) < 4.78 is 0. The summed E-state index contributed by atoms with van der Waals surface area (Å²) in [4.78, 5) is 2.56. The Morgan fingerprint density at radius 3 is 2.50 bits per heavy atom. The van der Waals surface area contributed by atoms with Gasteiger partial charge < -0.3 is 10.2 Å². The summed E-state index contributed by atoms with van der Waals surface area (Å²) in [6.45, 7) is 11.7. The average molecular weight is 274 g/mol. The predicted molar refractivity (Wildman–Crippen MR) is 87.1 cm³/mol. The van der Waals surface area contributed by atoms with Crippen molar-refractivity contribution in [1.29, 1.82) is 0 Å². The molecule has 1 saturated heterocycles. The largest absolute Gasteiger partial charge is 0.310 e. The van der Waals surface area contributed by atoms with Crippen LogP contribution in [0.15, 0.2) is 24.3 Å². The number of aryl methyl sites for hydroxylation is 1. The minimum absolute atomic E-state index is 0.511. The molecule has 1 aromatic rings. The Hall–Kier alpha value is -0.860. The highest BCUT2D eigenvalue weighted by molar-refractivity contribution is 5.25. The summed E-state index contributed by atoms with van der Waals surface area (Å²) in [5.74, 6) is 0.832. The lowest BCUT2D eigenvalue weighted by molar-refractivity contribution is 0.334. The molecule has 2 atom stereocenters. The maximum Gasteiger partial charge on any atom is 0.0317 e. The quantitative estimate of drug-likeness (QED) is 0.817. The molecule has 112 valence electrons. The van der Waals surface area contributed by atoms with Crippen LogP contribution in [0.1, 0.15) is 50.8 Å². The second-order valence-electron chi connectivity index (χ2n) is 6.01. The van der Waals surface area contributed by atoms with Crippen LogP contribution in [-0.4, -0.2) is 31.1 Å². The van der Waals surface area contributed by atoms with Crippen LogP contribution in [0.3, 0.4) is 0 Å². The molecule has 2 heteroatoms. The standard InChI is InChI=1S/C18H30N2/c1-4-15-7-9-17(10-8-15)18(5-2)19-13-16-11-12-20(6-3)14-16/h7-10,16,18-19H,4-6,11-14H2,1-3H3. The normalized spacial score (nSPS) is 21.2. The van der Waals surface area contributed by atoms with Crippen LogP contribution in [0.25, 0.3) is 0 Å². The monoisotopic (exact) mass is 274 g/mol. The van der Waals surface area contributed by atoms with Gasteiger partial charge >= 0.3 is 0 Å². The van der Waals surface area contributed by atoms with Crippen molar-refractivity contribution in [3.05, 3.63) is 35.4 Å². The molecule has 2 nitrogen and oxygen atoms in total. The molecule has 1 N–H and O–H groups in total. The molecule has 1 aromatic carbocycles. The molecular weight excluding hydrogens is 244 g/mol. The first-order valence-corrected chi connectivity index (χ1v) is 8.31. The Morgan fingerprint density at radius 2 is 1.95 bits per heavy atom. The molecular formula is C18H30N2. The predicted octanol–water partition coefficient (Wildman–Crippen LogP) is 3.63. The van der Waals surface area contributed by atoms with Crippen LogP contribution in [-0.2, 0) is 6.42 Å². The number of benzene rings is 1. The molecule has 1 heterocycles. The van der Waals surface area contributed by atoms with Crippen molar-refractivity contribution in [2.24, 2.45) is 5.92 Å². The van der Waals surface area contributed by atoms with E-state index in [1.165, 1.54) is 37.2 Å². The van der Waals surface area contributed by atoms with Crippen LogP contribution in [0.2, 0.25) is 0 Å². The van der Waals surface area contributed by atoms with E-state index in [4.69, 9.17) is 0 Å². The van der Waals surface area contributed by atoms with Gasteiger partial charge in [0.15, 0.2) is 0 Å². The summed E-state index contributed by atoms with van der Waals surface area (Å²) in [5.41, 5.74) is 2.87. The molecule has 0 amide bonds. The van der Waals surface area contributed by atoms with Crippen molar-refractivity contribution < 1.29 is 0 Å². The second kappa shape index (κ2) is 7.80. The molecule has 0 aliphatic carbocycles. The van der Waals surface area contributed by atoms with Gasteiger partial charge in [0.1, 0.15) is 0 Å². The smallest absolute Gasteiger partial charge is 0.0317 e. The Kier molecular flexibility index (Phi) is 6.06. The fourth-order valence-corrected chi connectivity index (χ4v) is 3.16. The lowest BCUT2D eigenvalue weighted by atomic mass is 10.0. The summed E-state index contributed by atoms with van der Waals surface area (Å²) in [6, 6.07) is 9.65. The van der Waals surface area contributed by atoms with Crippen molar-refractivity contribution in [2.75, 3.05) is 26.2 Å². The molecule has 1 aliphatic heterocycles. The SMILES string of the molecule is CCc1ccc(C(CC)NCC2CCN(CC)C2)cc1. The number of hydrogen-bond acceptors (Lipinski definition) is 2. The maximum atomic E-state index is 3.78. The van der Waals surface area contributed by atoms with E-state index in [0.29, 0.717) is 6.04 Å². The maximum absolute atomic E-state index is 3.78. The molecule has 0 saturated carbocycles. The van der Waals surface area contributed by atoms with Crippen LogP contribution in [0.5, 0.6) is 0 Å². The van der Waals surface area contributed by atoms with Crippen molar-refractivity contribution in [3.63, 3.8) is 0 Å². The van der Waals surface area contributed by atoms with Gasteiger partial charge in [0.05, 0.1) is 0 Å². The molecule has 1 fully saturated rings. The Morgan fingerprint density at radius 1 is 1.20 bits per heavy atom. The molecule has 2 rings (SSSR count). The van der Waals surface area contributed by atoms with E-state index in [1.54, 1.807) is 0 Å². The first-order chi connectivity index (χ1) is 9.76. The Balaban J connectivity index is 1.85. The number of nitrogens with zero attached hydrogens (tertiary/aromatic N) is 1. The zero-order chi connectivity index (χ0) is 14.4. The van der Waals surface area contributed by atoms with E-state index < -0.39 is 0 Å². The van der Waals surface area contributed by atoms with Gasteiger partial charge in [-0.2, -0.15) is 0 Å². The van der Waals surface area contributed by atoms with Crippen LogP contribution >= 0.6 is 0 Å². The summed E-state index contributed by atoms with van der Waals surface area (Å²) in [6.07, 6.45) is 3.64. The fraction of sp³-hybridized carbons (Fsp3) is 0.667. The molecule has 1 aliphatic rings. The lowest BCUT2D eigenvalue weighted by Gasteiger charge is -2.21. The summed E-state index contributed by atoms with van der Waals surface area (Å²) in [7, 11) is 0. The first-order valence-electron chi connectivity index (χ1n) is 8.31. The highest BCUT2D eigenvalue weighted by Gasteiger charge is 2.21. The van der Waals surface area contributed by atoms with Crippen molar-refractivity contribution >= 4 is 0 Å². The number of likely N-dealkylation sites (tertiary alicyclic amines) is 1. The average Bonchev–Trinajstić information content (AvgIpc) is 2.96. The second-order valence-corrected chi connectivity index (χ2v) is 6.01. The van der Waals surface area contributed by atoms with Gasteiger partial charge in [0.25, 0.3) is 0 Å². The highest BCUT2D eigenvalue weighted by Crippen LogP contribution is 2.20. The van der Waals surface area contributed by atoms with Gasteiger partial charge in [0.2, 0.25) is 0 Å². The molecule has 0 bridgehead atoms. The Labute approximate surface area is 124 Å². The lowest BCUT2D eigenvalue weighted by Crippen LogP contribution is -2.29. The molecule has 0 spiro atoms. The van der Waals surface area contributed by atoms with Crippen molar-refractivity contribution in [2.45, 2.75) is 46.1 Å². The Bertz CT molecular complexity index is 385. The fourth-order valence-electron chi connectivity index (χ4n) is 3.16. The third kappa shape index (κ3) is 4.07. The van der Waals surface area contributed by atoms with E-state index in [1.807, 2.05) is 0 Å². The van der Waals surface area contributed by atoms with Gasteiger partial charge in [-0.15, -0.1) is 0 Å². The highest BCUT2D eigenvalue weighted by atomic mass is 15.1. The molecule has 0 aromatic heterocycles. The van der Waals surface area contributed by atoms with E-state index in [0.717, 1.165) is 25.3 Å². The number of hydrogen-bond donors (Lipinski definition) is 1. The molecule has 0 radical (unpaired) electrons. The van der Waals surface area contributed by atoms with Crippen molar-refractivity contribution in [1.82, 2.24) is 10.2 Å². The minimum atomic E-state index is 0.511. The van der Waals surface area contributed by atoms with Gasteiger partial charge in [-0.25, -0.2) is 0 Å².